The molecule has 28 heavy (non-hydrogen) atoms. The number of para-hydroxylation sites is 2. The van der Waals surface area contributed by atoms with Gasteiger partial charge in [-0.25, -0.2) is 9.97 Å². The maximum Gasteiger partial charge on any atom is 0.235 e. The lowest BCUT2D eigenvalue weighted by molar-refractivity contribution is 0.990. The van der Waals surface area contributed by atoms with E-state index in [-0.39, 0.29) is 0 Å². The average Bonchev–Trinajstić information content (AvgIpc) is 3.08. The minimum atomic E-state index is 0.693. The van der Waals surface area contributed by atoms with Crippen molar-refractivity contribution in [1.82, 2.24) is 19.5 Å². The molecule has 6 rings (SSSR count). The Hall–Kier alpha value is -3.79. The summed E-state index contributed by atoms with van der Waals surface area (Å²) in [5.74, 6) is 0.693. The highest BCUT2D eigenvalue weighted by molar-refractivity contribution is 6.09. The van der Waals surface area contributed by atoms with E-state index in [1.54, 1.807) is 0 Å². The van der Waals surface area contributed by atoms with E-state index < -0.39 is 0 Å². The zero-order valence-electron chi connectivity index (χ0n) is 15.3. The zero-order chi connectivity index (χ0) is 18.7. The topological polar surface area (TPSA) is 43.6 Å². The van der Waals surface area contributed by atoms with Crippen LogP contribution in [0.15, 0.2) is 79.0 Å². The Morgan fingerprint density at radius 3 is 2.07 bits per heavy atom. The molecule has 6 aromatic rings. The Morgan fingerprint density at radius 1 is 0.643 bits per heavy atom. The van der Waals surface area contributed by atoms with Crippen LogP contribution in [-0.4, -0.2) is 19.5 Å². The fourth-order valence-electron chi connectivity index (χ4n) is 4.12. The van der Waals surface area contributed by atoms with Gasteiger partial charge in [0.15, 0.2) is 0 Å². The van der Waals surface area contributed by atoms with Crippen LogP contribution in [0.2, 0.25) is 0 Å². The lowest BCUT2D eigenvalue weighted by Gasteiger charge is -2.10. The monoisotopic (exact) mass is 360 g/mol. The molecule has 3 heterocycles. The number of nitrogens with zero attached hydrogens (tertiary/aromatic N) is 4. The van der Waals surface area contributed by atoms with Crippen LogP contribution in [0.3, 0.4) is 0 Å². The van der Waals surface area contributed by atoms with Crippen LogP contribution >= 0.6 is 0 Å². The van der Waals surface area contributed by atoms with Gasteiger partial charge in [0.25, 0.3) is 0 Å². The summed E-state index contributed by atoms with van der Waals surface area (Å²) in [5, 5.41) is 4.52. The van der Waals surface area contributed by atoms with Crippen molar-refractivity contribution in [1.29, 1.82) is 0 Å². The molecule has 0 aliphatic rings. The molecule has 4 nitrogen and oxygen atoms in total. The average molecular weight is 360 g/mol. The van der Waals surface area contributed by atoms with E-state index in [4.69, 9.17) is 9.97 Å². The third-order valence-electron chi connectivity index (χ3n) is 5.41. The minimum absolute atomic E-state index is 0.693. The molecule has 0 saturated carbocycles. The molecule has 0 aliphatic heterocycles. The van der Waals surface area contributed by atoms with E-state index in [0.717, 1.165) is 38.5 Å². The fourth-order valence-corrected chi connectivity index (χ4v) is 4.12. The van der Waals surface area contributed by atoms with Crippen molar-refractivity contribution < 1.29 is 0 Å². The molecule has 0 aliphatic carbocycles. The van der Waals surface area contributed by atoms with Crippen LogP contribution in [0.1, 0.15) is 5.69 Å². The van der Waals surface area contributed by atoms with E-state index in [1.165, 1.54) is 10.8 Å². The summed E-state index contributed by atoms with van der Waals surface area (Å²) in [6, 6.07) is 25.0. The summed E-state index contributed by atoms with van der Waals surface area (Å²) in [6.45, 7) is 2.05. The lowest BCUT2D eigenvalue weighted by atomic mass is 10.1. The molecule has 0 spiro atoms. The molecule has 4 heteroatoms. The first-order valence-electron chi connectivity index (χ1n) is 9.32. The molecule has 3 aromatic heterocycles. The molecule has 0 saturated heterocycles. The van der Waals surface area contributed by atoms with Gasteiger partial charge in [0.1, 0.15) is 0 Å². The first-order chi connectivity index (χ1) is 13.8. The van der Waals surface area contributed by atoms with E-state index in [2.05, 4.69) is 70.2 Å². The molecule has 0 atom stereocenters. The van der Waals surface area contributed by atoms with Crippen molar-refractivity contribution >= 4 is 43.6 Å². The first kappa shape index (κ1) is 15.3. The molecular weight excluding hydrogens is 344 g/mol. The van der Waals surface area contributed by atoms with E-state index in [9.17, 15) is 0 Å². The number of aromatic nitrogens is 4. The summed E-state index contributed by atoms with van der Waals surface area (Å²) in [6.07, 6.45) is 1.82. The predicted molar refractivity (Wildman–Crippen MR) is 114 cm³/mol. The van der Waals surface area contributed by atoms with Gasteiger partial charge in [-0.2, -0.15) is 0 Å². The van der Waals surface area contributed by atoms with E-state index >= 15 is 0 Å². The highest BCUT2D eigenvalue weighted by atomic mass is 15.2. The number of hydrogen-bond acceptors (Lipinski definition) is 3. The largest absolute Gasteiger partial charge is 0.278 e. The summed E-state index contributed by atoms with van der Waals surface area (Å²) < 4.78 is 2.16. The Labute approximate surface area is 161 Å². The Kier molecular flexibility index (Phi) is 3.06. The van der Waals surface area contributed by atoms with Gasteiger partial charge < -0.3 is 0 Å². The highest BCUT2D eigenvalue weighted by Gasteiger charge is 2.15. The molecule has 0 radical (unpaired) electrons. The third kappa shape index (κ3) is 2.03. The van der Waals surface area contributed by atoms with Crippen molar-refractivity contribution in [2.24, 2.45) is 0 Å². The number of aryl methyl sites for hydroxylation is 1. The number of rotatable bonds is 1. The third-order valence-corrected chi connectivity index (χ3v) is 5.41. The lowest BCUT2D eigenvalue weighted by Crippen LogP contribution is -2.03. The maximum atomic E-state index is 5.02. The normalized spacial score (nSPS) is 11.8. The summed E-state index contributed by atoms with van der Waals surface area (Å²) >= 11 is 0. The molecule has 0 unspecified atom stereocenters. The SMILES string of the molecule is Cc1nc(-n2c3ccccc3c3ccccc32)nc2c1ccc1ncccc12. The fraction of sp³-hybridized carbons (Fsp3) is 0.0417. The summed E-state index contributed by atoms with van der Waals surface area (Å²) in [5.41, 5.74) is 5.07. The van der Waals surface area contributed by atoms with Crippen LogP contribution in [0.4, 0.5) is 0 Å². The molecule has 3 aromatic carbocycles. The van der Waals surface area contributed by atoms with Crippen molar-refractivity contribution in [2.45, 2.75) is 6.92 Å². The van der Waals surface area contributed by atoms with E-state index in [0.29, 0.717) is 5.95 Å². The second kappa shape index (κ2) is 5.60. The number of pyridine rings is 1. The summed E-state index contributed by atoms with van der Waals surface area (Å²) in [4.78, 5) is 14.4. The van der Waals surface area contributed by atoms with Crippen LogP contribution < -0.4 is 0 Å². The Morgan fingerprint density at radius 2 is 1.32 bits per heavy atom. The van der Waals surface area contributed by atoms with Crippen LogP contribution in [0, 0.1) is 6.92 Å². The van der Waals surface area contributed by atoms with Crippen LogP contribution in [-0.2, 0) is 0 Å². The van der Waals surface area contributed by atoms with Gasteiger partial charge in [0.05, 0.1) is 27.8 Å². The van der Waals surface area contributed by atoms with Gasteiger partial charge in [0.2, 0.25) is 5.95 Å². The standard InChI is InChI=1S/C24H16N4/c1-15-16-12-13-20-19(9-6-14-25-20)23(16)27-24(26-15)28-21-10-4-2-7-17(21)18-8-3-5-11-22(18)28/h2-14H,1H3. The molecule has 0 bridgehead atoms. The zero-order valence-corrected chi connectivity index (χ0v) is 15.3. The number of benzene rings is 3. The first-order valence-corrected chi connectivity index (χ1v) is 9.32. The van der Waals surface area contributed by atoms with Gasteiger partial charge in [-0.3, -0.25) is 9.55 Å². The second-order valence-electron chi connectivity index (χ2n) is 7.01. The van der Waals surface area contributed by atoms with Crippen molar-refractivity contribution in [3.8, 4) is 5.95 Å². The molecule has 0 amide bonds. The van der Waals surface area contributed by atoms with Gasteiger partial charge in [-0.05, 0) is 43.3 Å². The van der Waals surface area contributed by atoms with Crippen molar-refractivity contribution in [3.63, 3.8) is 0 Å². The van der Waals surface area contributed by atoms with Crippen LogP contribution in [0.5, 0.6) is 0 Å². The van der Waals surface area contributed by atoms with Crippen LogP contribution in [0.25, 0.3) is 49.6 Å². The molecule has 0 N–H and O–H groups in total. The van der Waals surface area contributed by atoms with Gasteiger partial charge in [0, 0.05) is 27.7 Å². The van der Waals surface area contributed by atoms with Crippen molar-refractivity contribution in [2.75, 3.05) is 0 Å². The number of fused-ring (bicyclic) bond motifs is 6. The maximum absolute atomic E-state index is 5.02. The van der Waals surface area contributed by atoms with Gasteiger partial charge in [-0.1, -0.05) is 36.4 Å². The van der Waals surface area contributed by atoms with Gasteiger partial charge in [-0.15, -0.1) is 0 Å². The molecule has 0 fully saturated rings. The molecular formula is C24H16N4. The van der Waals surface area contributed by atoms with Crippen molar-refractivity contribution in [3.05, 3.63) is 84.7 Å². The highest BCUT2D eigenvalue weighted by Crippen LogP contribution is 2.32. The number of hydrogen-bond donors (Lipinski definition) is 0. The summed E-state index contributed by atoms with van der Waals surface area (Å²) in [7, 11) is 0. The second-order valence-corrected chi connectivity index (χ2v) is 7.01. The Balaban J connectivity index is 1.79. The predicted octanol–water partition coefficient (Wildman–Crippen LogP) is 5.58. The minimum Gasteiger partial charge on any atom is -0.278 e. The smallest absolute Gasteiger partial charge is 0.235 e. The Bertz CT molecular complexity index is 1480. The van der Waals surface area contributed by atoms with E-state index in [1.807, 2.05) is 25.3 Å². The quantitative estimate of drug-likeness (QED) is 0.359. The molecule has 132 valence electrons. The van der Waals surface area contributed by atoms with Gasteiger partial charge >= 0.3 is 0 Å².